The fourth-order valence-electron chi connectivity index (χ4n) is 2.45. The first-order chi connectivity index (χ1) is 13.1. The largest absolute Gasteiger partial charge is 0.494 e. The number of hydrogen-bond donors (Lipinski definition) is 0. The summed E-state index contributed by atoms with van der Waals surface area (Å²) in [5.74, 6) is 1.53. The van der Waals surface area contributed by atoms with Crippen molar-refractivity contribution in [3.05, 3.63) is 53.6 Å². The molecule has 0 aliphatic heterocycles. The van der Waals surface area contributed by atoms with Crippen molar-refractivity contribution in [3.63, 3.8) is 0 Å². The highest BCUT2D eigenvalue weighted by molar-refractivity contribution is 5.78. The standard InChI is InChI=1S/C21H25NO5/c1-4-25-18-9-6-16(7-10-18)13-22(3)21(24)15-27-19-11-8-17(14-23)12-20(19)26-5-2/h6-12,14H,4-5,13,15H2,1-3H3. The molecular weight excluding hydrogens is 346 g/mol. The molecule has 1 amide bonds. The fourth-order valence-corrected chi connectivity index (χ4v) is 2.45. The zero-order valence-corrected chi connectivity index (χ0v) is 15.9. The van der Waals surface area contributed by atoms with E-state index in [-0.39, 0.29) is 12.5 Å². The Kier molecular flexibility index (Phi) is 7.67. The van der Waals surface area contributed by atoms with Crippen LogP contribution >= 0.6 is 0 Å². The zero-order valence-electron chi connectivity index (χ0n) is 15.9. The highest BCUT2D eigenvalue weighted by Gasteiger charge is 2.13. The lowest BCUT2D eigenvalue weighted by molar-refractivity contribution is -0.132. The Bertz CT molecular complexity index is 758. The SMILES string of the molecule is CCOc1ccc(CN(C)C(=O)COc2ccc(C=O)cc2OCC)cc1. The molecule has 0 aliphatic carbocycles. The number of hydrogen-bond acceptors (Lipinski definition) is 5. The van der Waals surface area contributed by atoms with Crippen molar-refractivity contribution in [3.8, 4) is 17.2 Å². The quantitative estimate of drug-likeness (QED) is 0.600. The number of carbonyl (C=O) groups excluding carboxylic acids is 2. The number of benzene rings is 2. The molecule has 6 heteroatoms. The molecule has 0 fully saturated rings. The topological polar surface area (TPSA) is 65.1 Å². The molecule has 144 valence electrons. The van der Waals surface area contributed by atoms with Crippen molar-refractivity contribution in [1.82, 2.24) is 4.90 Å². The lowest BCUT2D eigenvalue weighted by Crippen LogP contribution is -2.31. The van der Waals surface area contributed by atoms with Gasteiger partial charge in [0.15, 0.2) is 18.1 Å². The van der Waals surface area contributed by atoms with Crippen LogP contribution in [0.2, 0.25) is 0 Å². The van der Waals surface area contributed by atoms with Crippen molar-refractivity contribution in [2.45, 2.75) is 20.4 Å². The molecule has 2 aromatic rings. The molecule has 0 atom stereocenters. The van der Waals surface area contributed by atoms with Crippen molar-refractivity contribution < 1.29 is 23.8 Å². The van der Waals surface area contributed by atoms with Gasteiger partial charge in [-0.2, -0.15) is 0 Å². The predicted molar refractivity (Wildman–Crippen MR) is 103 cm³/mol. The molecular formula is C21H25NO5. The molecule has 0 spiro atoms. The zero-order chi connectivity index (χ0) is 19.6. The number of rotatable bonds is 10. The third-order valence-corrected chi connectivity index (χ3v) is 3.83. The van der Waals surface area contributed by atoms with Crippen molar-refractivity contribution in [2.75, 3.05) is 26.9 Å². The molecule has 0 saturated heterocycles. The molecule has 0 aromatic heterocycles. The summed E-state index contributed by atoms with van der Waals surface area (Å²) in [7, 11) is 1.72. The summed E-state index contributed by atoms with van der Waals surface area (Å²) >= 11 is 0. The summed E-state index contributed by atoms with van der Waals surface area (Å²) in [6, 6.07) is 12.5. The Morgan fingerprint density at radius 1 is 0.963 bits per heavy atom. The number of likely N-dealkylation sites (N-methyl/N-ethyl adjacent to an activating group) is 1. The van der Waals surface area contributed by atoms with Gasteiger partial charge in [-0.3, -0.25) is 9.59 Å². The van der Waals surface area contributed by atoms with E-state index in [0.717, 1.165) is 17.6 Å². The van der Waals surface area contributed by atoms with Gasteiger partial charge < -0.3 is 19.1 Å². The van der Waals surface area contributed by atoms with E-state index in [4.69, 9.17) is 14.2 Å². The predicted octanol–water partition coefficient (Wildman–Crippen LogP) is 3.33. The first-order valence-electron chi connectivity index (χ1n) is 8.87. The van der Waals surface area contributed by atoms with Gasteiger partial charge >= 0.3 is 0 Å². The maximum atomic E-state index is 12.4. The Hall–Kier alpha value is -3.02. The van der Waals surface area contributed by atoms with Crippen LogP contribution < -0.4 is 14.2 Å². The van der Waals surface area contributed by atoms with Gasteiger partial charge in [-0.15, -0.1) is 0 Å². The van der Waals surface area contributed by atoms with E-state index in [1.54, 1.807) is 30.1 Å². The molecule has 0 radical (unpaired) electrons. The average Bonchev–Trinajstić information content (AvgIpc) is 2.68. The minimum Gasteiger partial charge on any atom is -0.494 e. The lowest BCUT2D eigenvalue weighted by atomic mass is 10.2. The maximum Gasteiger partial charge on any atom is 0.260 e. The normalized spacial score (nSPS) is 10.2. The van der Waals surface area contributed by atoms with Gasteiger partial charge in [0.25, 0.3) is 5.91 Å². The van der Waals surface area contributed by atoms with Crippen LogP contribution in [0.15, 0.2) is 42.5 Å². The number of nitrogens with zero attached hydrogens (tertiary/aromatic N) is 1. The van der Waals surface area contributed by atoms with E-state index in [0.29, 0.717) is 36.8 Å². The van der Waals surface area contributed by atoms with Crippen LogP contribution in [-0.4, -0.2) is 44.0 Å². The second kappa shape index (κ2) is 10.2. The highest BCUT2D eigenvalue weighted by atomic mass is 16.5. The van der Waals surface area contributed by atoms with Crippen molar-refractivity contribution >= 4 is 12.2 Å². The van der Waals surface area contributed by atoms with Crippen LogP contribution in [-0.2, 0) is 11.3 Å². The fraction of sp³-hybridized carbons (Fsp3) is 0.333. The van der Waals surface area contributed by atoms with Crippen molar-refractivity contribution in [1.29, 1.82) is 0 Å². The Morgan fingerprint density at radius 2 is 1.67 bits per heavy atom. The van der Waals surface area contributed by atoms with E-state index in [9.17, 15) is 9.59 Å². The molecule has 2 aromatic carbocycles. The van der Waals surface area contributed by atoms with Gasteiger partial charge in [0.1, 0.15) is 12.0 Å². The number of aldehydes is 1. The number of carbonyl (C=O) groups is 2. The van der Waals surface area contributed by atoms with Crippen LogP contribution in [0.25, 0.3) is 0 Å². The molecule has 0 heterocycles. The molecule has 0 bridgehead atoms. The lowest BCUT2D eigenvalue weighted by Gasteiger charge is -2.18. The minimum atomic E-state index is -0.161. The molecule has 0 aliphatic rings. The molecule has 0 unspecified atom stereocenters. The highest BCUT2D eigenvalue weighted by Crippen LogP contribution is 2.28. The third kappa shape index (κ3) is 6.02. The van der Waals surface area contributed by atoms with Gasteiger partial charge in [-0.05, 0) is 49.7 Å². The summed E-state index contributed by atoms with van der Waals surface area (Å²) < 4.78 is 16.5. The van der Waals surface area contributed by atoms with E-state index in [1.807, 2.05) is 38.1 Å². The molecule has 27 heavy (non-hydrogen) atoms. The van der Waals surface area contributed by atoms with Gasteiger partial charge in [-0.25, -0.2) is 0 Å². The molecule has 0 saturated carbocycles. The summed E-state index contributed by atoms with van der Waals surface area (Å²) in [6.45, 7) is 5.18. The van der Waals surface area contributed by atoms with E-state index < -0.39 is 0 Å². The summed E-state index contributed by atoms with van der Waals surface area (Å²) in [4.78, 5) is 24.9. The van der Waals surface area contributed by atoms with Gasteiger partial charge in [0.2, 0.25) is 0 Å². The maximum absolute atomic E-state index is 12.4. The second-order valence-corrected chi connectivity index (χ2v) is 5.87. The van der Waals surface area contributed by atoms with Crippen LogP contribution in [0, 0.1) is 0 Å². The van der Waals surface area contributed by atoms with E-state index >= 15 is 0 Å². The van der Waals surface area contributed by atoms with E-state index in [1.165, 1.54) is 0 Å². The van der Waals surface area contributed by atoms with Crippen LogP contribution in [0.1, 0.15) is 29.8 Å². The Labute approximate surface area is 159 Å². The van der Waals surface area contributed by atoms with Crippen LogP contribution in [0.3, 0.4) is 0 Å². The van der Waals surface area contributed by atoms with Gasteiger partial charge in [0, 0.05) is 19.2 Å². The van der Waals surface area contributed by atoms with E-state index in [2.05, 4.69) is 0 Å². The molecule has 2 rings (SSSR count). The minimum absolute atomic E-state index is 0.117. The number of amides is 1. The third-order valence-electron chi connectivity index (χ3n) is 3.83. The Balaban J connectivity index is 1.93. The Morgan fingerprint density at radius 3 is 2.30 bits per heavy atom. The smallest absolute Gasteiger partial charge is 0.260 e. The van der Waals surface area contributed by atoms with Gasteiger partial charge in [0.05, 0.1) is 13.2 Å². The second-order valence-electron chi connectivity index (χ2n) is 5.87. The first kappa shape index (κ1) is 20.3. The average molecular weight is 371 g/mol. The molecule has 6 nitrogen and oxygen atoms in total. The van der Waals surface area contributed by atoms with Crippen LogP contribution in [0.5, 0.6) is 17.2 Å². The number of ether oxygens (including phenoxy) is 3. The summed E-state index contributed by atoms with van der Waals surface area (Å²) in [6.07, 6.45) is 0.738. The van der Waals surface area contributed by atoms with Gasteiger partial charge in [-0.1, -0.05) is 12.1 Å². The monoisotopic (exact) mass is 371 g/mol. The summed E-state index contributed by atoms with van der Waals surface area (Å²) in [5.41, 5.74) is 1.49. The van der Waals surface area contributed by atoms with Crippen LogP contribution in [0.4, 0.5) is 0 Å². The summed E-state index contributed by atoms with van der Waals surface area (Å²) in [5, 5.41) is 0. The molecule has 0 N–H and O–H groups in total. The van der Waals surface area contributed by atoms with Crippen molar-refractivity contribution in [2.24, 2.45) is 0 Å². The first-order valence-corrected chi connectivity index (χ1v) is 8.87.